The fraction of sp³-hybridized carbons (Fsp3) is 0.476. The average molecular weight is 481 g/mol. The van der Waals surface area contributed by atoms with Crippen LogP contribution in [0, 0.1) is 13.8 Å². The van der Waals surface area contributed by atoms with Crippen LogP contribution < -0.4 is 4.74 Å². The summed E-state index contributed by atoms with van der Waals surface area (Å²) >= 11 is 2.85. The maximum Gasteiger partial charge on any atom is 0.303 e. The van der Waals surface area contributed by atoms with Gasteiger partial charge in [0.2, 0.25) is 0 Å². The third-order valence-corrected chi connectivity index (χ3v) is 6.74. The lowest BCUT2D eigenvalue weighted by molar-refractivity contribution is -0.186. The predicted molar refractivity (Wildman–Crippen MR) is 118 cm³/mol. The Morgan fingerprint density at radius 3 is 2.16 bits per heavy atom. The minimum absolute atomic E-state index is 0.296. The number of thioether (sulfide) groups is 1. The van der Waals surface area contributed by atoms with Gasteiger partial charge in [0.25, 0.3) is 0 Å². The van der Waals surface area contributed by atoms with E-state index in [0.29, 0.717) is 11.5 Å². The number of ether oxygens (including phenoxy) is 4. The van der Waals surface area contributed by atoms with Crippen molar-refractivity contribution < 1.29 is 33.3 Å². The smallest absolute Gasteiger partial charge is 0.303 e. The van der Waals surface area contributed by atoms with E-state index < -0.39 is 41.7 Å². The zero-order valence-electron chi connectivity index (χ0n) is 18.3. The lowest BCUT2D eigenvalue weighted by atomic mass is 10.1. The number of aromatic nitrogens is 2. The first-order valence-electron chi connectivity index (χ1n) is 9.84. The molecule has 2 aromatic rings. The second-order valence-corrected chi connectivity index (χ2v) is 9.48. The van der Waals surface area contributed by atoms with Gasteiger partial charge < -0.3 is 18.9 Å². The van der Waals surface area contributed by atoms with Crippen molar-refractivity contribution in [3.8, 4) is 16.3 Å². The third-order valence-electron chi connectivity index (χ3n) is 4.43. The van der Waals surface area contributed by atoms with Gasteiger partial charge in [0.15, 0.2) is 23.7 Å². The number of carbonyl (C=O) groups is 3. The molecule has 0 saturated carbocycles. The fourth-order valence-electron chi connectivity index (χ4n) is 3.30. The highest BCUT2D eigenvalue weighted by Gasteiger charge is 2.47. The molecule has 0 amide bonds. The Morgan fingerprint density at radius 1 is 0.969 bits per heavy atom. The zero-order chi connectivity index (χ0) is 23.4. The van der Waals surface area contributed by atoms with Crippen LogP contribution in [0.2, 0.25) is 0 Å². The highest BCUT2D eigenvalue weighted by atomic mass is 32.2. The molecule has 0 spiro atoms. The second kappa shape index (κ2) is 10.3. The fourth-order valence-corrected chi connectivity index (χ4v) is 5.41. The maximum atomic E-state index is 11.8. The van der Waals surface area contributed by atoms with Crippen molar-refractivity contribution in [3.05, 3.63) is 29.0 Å². The van der Waals surface area contributed by atoms with Crippen molar-refractivity contribution in [3.63, 3.8) is 0 Å². The van der Waals surface area contributed by atoms with E-state index in [4.69, 9.17) is 18.9 Å². The largest absolute Gasteiger partial charge is 0.474 e. The van der Waals surface area contributed by atoms with Crippen molar-refractivity contribution in [1.82, 2.24) is 9.97 Å². The molecular weight excluding hydrogens is 456 g/mol. The number of thiazole rings is 1. The van der Waals surface area contributed by atoms with Gasteiger partial charge in [-0.05, 0) is 26.0 Å². The molecule has 0 bridgehead atoms. The van der Waals surface area contributed by atoms with Crippen LogP contribution in [0.15, 0.2) is 18.3 Å². The lowest BCUT2D eigenvalue weighted by Gasteiger charge is -2.39. The number of nitrogens with zero attached hydrogens (tertiary/aromatic N) is 2. The standard InChI is InChI=1S/C21H24N2O7S2/c1-10-20(32-11(2)23-10)16-7-6-15(8-22-16)30-21-19(29-14(5)26)18(28-13(4)25)17(9-31-21)27-12(3)24/h6-8,17-19,21H,9H2,1-5H3/t17-,18+,19-,21+/m1/s1. The van der Waals surface area contributed by atoms with Gasteiger partial charge in [-0.25, -0.2) is 4.98 Å². The van der Waals surface area contributed by atoms with Gasteiger partial charge in [0.1, 0.15) is 5.75 Å². The van der Waals surface area contributed by atoms with E-state index in [1.807, 2.05) is 19.9 Å². The van der Waals surface area contributed by atoms with Crippen LogP contribution in [0.25, 0.3) is 10.6 Å². The molecule has 1 aliphatic rings. The summed E-state index contributed by atoms with van der Waals surface area (Å²) in [5, 5.41) is 0.960. The van der Waals surface area contributed by atoms with Crippen molar-refractivity contribution in [2.24, 2.45) is 0 Å². The van der Waals surface area contributed by atoms with Crippen molar-refractivity contribution in [2.75, 3.05) is 5.75 Å². The first kappa shape index (κ1) is 24.0. The van der Waals surface area contributed by atoms with Gasteiger partial charge in [-0.1, -0.05) is 0 Å². The minimum Gasteiger partial charge on any atom is -0.474 e. The summed E-state index contributed by atoms with van der Waals surface area (Å²) in [7, 11) is 0. The first-order chi connectivity index (χ1) is 15.1. The highest BCUT2D eigenvalue weighted by Crippen LogP contribution is 2.35. The molecule has 32 heavy (non-hydrogen) atoms. The molecule has 2 aromatic heterocycles. The van der Waals surface area contributed by atoms with Gasteiger partial charge in [-0.2, -0.15) is 0 Å². The number of carbonyl (C=O) groups excluding carboxylic acids is 3. The molecule has 4 atom stereocenters. The highest BCUT2D eigenvalue weighted by molar-refractivity contribution is 7.99. The number of hydrogen-bond donors (Lipinski definition) is 0. The maximum absolute atomic E-state index is 11.8. The van der Waals surface area contributed by atoms with Crippen molar-refractivity contribution in [2.45, 2.75) is 58.4 Å². The molecule has 0 unspecified atom stereocenters. The topological polar surface area (TPSA) is 114 Å². The molecule has 1 fully saturated rings. The summed E-state index contributed by atoms with van der Waals surface area (Å²) in [6.45, 7) is 7.62. The molecular formula is C21H24N2O7S2. The van der Waals surface area contributed by atoms with E-state index in [0.717, 1.165) is 21.3 Å². The van der Waals surface area contributed by atoms with Crippen LogP contribution in [0.1, 0.15) is 31.5 Å². The SMILES string of the molecule is CC(=O)O[C@@H]1[C@@H](OC(C)=O)[C@@H](Oc2ccc(-c3sc(C)nc3C)nc2)SC[C@H]1OC(C)=O. The van der Waals surface area contributed by atoms with E-state index >= 15 is 0 Å². The molecule has 0 aromatic carbocycles. The number of hydrogen-bond acceptors (Lipinski definition) is 11. The molecule has 172 valence electrons. The summed E-state index contributed by atoms with van der Waals surface area (Å²) < 4.78 is 22.1. The molecule has 11 heteroatoms. The molecule has 1 saturated heterocycles. The van der Waals surface area contributed by atoms with Crippen LogP contribution in [0.5, 0.6) is 5.75 Å². The van der Waals surface area contributed by atoms with Gasteiger partial charge in [-0.15, -0.1) is 23.1 Å². The Labute approximate surface area is 193 Å². The number of aryl methyl sites for hydroxylation is 2. The molecule has 3 rings (SSSR count). The van der Waals surface area contributed by atoms with E-state index in [-0.39, 0.29) is 0 Å². The molecule has 0 N–H and O–H groups in total. The minimum atomic E-state index is -0.999. The van der Waals surface area contributed by atoms with Crippen LogP contribution in [0.3, 0.4) is 0 Å². The van der Waals surface area contributed by atoms with Gasteiger partial charge in [-0.3, -0.25) is 19.4 Å². The van der Waals surface area contributed by atoms with Gasteiger partial charge in [0.05, 0.1) is 27.5 Å². The summed E-state index contributed by atoms with van der Waals surface area (Å²) in [5.41, 5.74) is 0.989. The van der Waals surface area contributed by atoms with Crippen LogP contribution >= 0.6 is 23.1 Å². The Bertz CT molecular complexity index is 993. The number of pyridine rings is 1. The van der Waals surface area contributed by atoms with E-state index in [1.54, 1.807) is 23.6 Å². The zero-order valence-corrected chi connectivity index (χ0v) is 20.0. The van der Waals surface area contributed by atoms with Crippen LogP contribution in [-0.4, -0.2) is 57.4 Å². The molecule has 0 aliphatic carbocycles. The quantitative estimate of drug-likeness (QED) is 0.451. The summed E-state index contributed by atoms with van der Waals surface area (Å²) in [6.07, 6.45) is -1.18. The summed E-state index contributed by atoms with van der Waals surface area (Å²) in [5.74, 6) is -0.937. The van der Waals surface area contributed by atoms with E-state index in [2.05, 4.69) is 9.97 Å². The predicted octanol–water partition coefficient (Wildman–Crippen LogP) is 3.07. The Kier molecular flexibility index (Phi) is 7.73. The second-order valence-electron chi connectivity index (χ2n) is 7.14. The van der Waals surface area contributed by atoms with E-state index in [9.17, 15) is 14.4 Å². The third kappa shape index (κ3) is 5.98. The summed E-state index contributed by atoms with van der Waals surface area (Å²) in [4.78, 5) is 44.8. The van der Waals surface area contributed by atoms with Gasteiger partial charge >= 0.3 is 17.9 Å². The van der Waals surface area contributed by atoms with Crippen molar-refractivity contribution in [1.29, 1.82) is 0 Å². The molecule has 9 nitrogen and oxygen atoms in total. The van der Waals surface area contributed by atoms with Crippen LogP contribution in [-0.2, 0) is 28.6 Å². The Hall–Kier alpha value is -2.66. The lowest BCUT2D eigenvalue weighted by Crippen LogP contribution is -2.55. The monoisotopic (exact) mass is 480 g/mol. The number of esters is 3. The average Bonchev–Trinajstić information content (AvgIpc) is 3.04. The first-order valence-corrected chi connectivity index (χ1v) is 11.7. The molecule has 3 heterocycles. The molecule has 0 radical (unpaired) electrons. The van der Waals surface area contributed by atoms with Gasteiger partial charge in [0, 0.05) is 26.5 Å². The molecule has 1 aliphatic heterocycles. The van der Waals surface area contributed by atoms with Crippen molar-refractivity contribution >= 4 is 41.0 Å². The Balaban J connectivity index is 1.81. The van der Waals surface area contributed by atoms with E-state index in [1.165, 1.54) is 32.5 Å². The number of rotatable bonds is 6. The van der Waals surface area contributed by atoms with Crippen LogP contribution in [0.4, 0.5) is 0 Å². The Morgan fingerprint density at radius 2 is 1.62 bits per heavy atom. The summed E-state index contributed by atoms with van der Waals surface area (Å²) in [6, 6.07) is 3.59. The normalized spacial score (nSPS) is 22.7.